The molecule has 0 radical (unpaired) electrons. The van der Waals surface area contributed by atoms with Gasteiger partial charge in [0.2, 0.25) is 0 Å². The Morgan fingerprint density at radius 1 is 1.56 bits per heavy atom. The molecule has 9 heavy (non-hydrogen) atoms. The molecular formula is C7H17NS. The lowest BCUT2D eigenvalue weighted by Crippen LogP contribution is -1.87. The third-order valence-electron chi connectivity index (χ3n) is 0.167. The van der Waals surface area contributed by atoms with Crippen LogP contribution in [0.2, 0.25) is 0 Å². The smallest absolute Gasteiger partial charge is 0.0106 e. The third-order valence-corrected chi connectivity index (χ3v) is 0.500. The van der Waals surface area contributed by atoms with Crippen molar-refractivity contribution in [1.29, 1.82) is 0 Å². The maximum atomic E-state index is 4.85. The van der Waals surface area contributed by atoms with Crippen molar-refractivity contribution in [2.24, 2.45) is 5.73 Å². The Morgan fingerprint density at radius 3 is 1.67 bits per heavy atom. The summed E-state index contributed by atoms with van der Waals surface area (Å²) >= 11 is 1.62. The first-order valence-electron chi connectivity index (χ1n) is 2.67. The lowest BCUT2D eigenvalue weighted by molar-refractivity contribution is 1.14. The molecule has 0 atom stereocenters. The zero-order chi connectivity index (χ0) is 8.12. The van der Waals surface area contributed by atoms with Gasteiger partial charge in [-0.15, -0.1) is 24.9 Å². The fraction of sp³-hybridized carbons (Fsp3) is 0.429. The van der Waals surface area contributed by atoms with Crippen molar-refractivity contribution >= 4 is 11.8 Å². The van der Waals surface area contributed by atoms with Gasteiger partial charge in [-0.2, -0.15) is 0 Å². The predicted molar refractivity (Wildman–Crippen MR) is 49.7 cm³/mol. The molecule has 0 aromatic heterocycles. The molecule has 2 heteroatoms. The van der Waals surface area contributed by atoms with Crippen molar-refractivity contribution in [3.05, 3.63) is 25.1 Å². The highest BCUT2D eigenvalue weighted by Crippen LogP contribution is 1.85. The lowest BCUT2D eigenvalue weighted by Gasteiger charge is -1.59. The van der Waals surface area contributed by atoms with Crippen LogP contribution in [0.25, 0.3) is 0 Å². The molecule has 0 aliphatic heterocycles. The molecule has 0 bridgehead atoms. The van der Waals surface area contributed by atoms with Gasteiger partial charge >= 0.3 is 0 Å². The molecule has 0 spiro atoms. The second-order valence-corrected chi connectivity index (χ2v) is 1.62. The van der Waals surface area contributed by atoms with Crippen LogP contribution in [0.3, 0.4) is 0 Å². The molecular weight excluding hydrogens is 130 g/mol. The quantitative estimate of drug-likeness (QED) is 0.576. The van der Waals surface area contributed by atoms with E-state index in [1.807, 2.05) is 13.2 Å². The van der Waals surface area contributed by atoms with Crippen molar-refractivity contribution < 1.29 is 0 Å². The Kier molecular flexibility index (Phi) is 81.6. The van der Waals surface area contributed by atoms with Gasteiger partial charge in [0.25, 0.3) is 0 Å². The van der Waals surface area contributed by atoms with Crippen LogP contribution in [0, 0.1) is 0 Å². The molecule has 0 aromatic rings. The van der Waals surface area contributed by atoms with Crippen LogP contribution in [0.4, 0.5) is 0 Å². The first-order valence-corrected chi connectivity index (χ1v) is 3.96. The van der Waals surface area contributed by atoms with Crippen LogP contribution in [0.1, 0.15) is 6.92 Å². The van der Waals surface area contributed by atoms with Crippen LogP contribution >= 0.6 is 11.8 Å². The summed E-state index contributed by atoms with van der Waals surface area (Å²) in [6.45, 7) is 12.1. The van der Waals surface area contributed by atoms with E-state index in [1.165, 1.54) is 0 Å². The summed E-state index contributed by atoms with van der Waals surface area (Å²) in [6.07, 6.45) is 1.98. The van der Waals surface area contributed by atoms with E-state index >= 15 is 0 Å². The van der Waals surface area contributed by atoms with Gasteiger partial charge in [-0.25, -0.2) is 0 Å². The van der Waals surface area contributed by atoms with Crippen LogP contribution in [0.5, 0.6) is 0 Å². The Bertz CT molecular complexity index is 37.9. The van der Waals surface area contributed by atoms with E-state index < -0.39 is 0 Å². The maximum absolute atomic E-state index is 4.85. The number of hydrogen-bond donors (Lipinski definition) is 1. The van der Waals surface area contributed by atoms with E-state index in [4.69, 9.17) is 5.73 Å². The van der Waals surface area contributed by atoms with Gasteiger partial charge in [-0.1, -0.05) is 13.5 Å². The Balaban J connectivity index is -0.0000000646. The summed E-state index contributed by atoms with van der Waals surface area (Å²) < 4.78 is 0. The van der Waals surface area contributed by atoms with Gasteiger partial charge in [-0.05, 0) is 18.2 Å². The minimum Gasteiger partial charge on any atom is -0.331 e. The zero-order valence-electron chi connectivity index (χ0n) is 6.39. The average molecular weight is 147 g/mol. The Hall–Kier alpha value is -0.210. The second-order valence-electron chi connectivity index (χ2n) is 0.811. The van der Waals surface area contributed by atoms with Gasteiger partial charge in [0.05, 0.1) is 0 Å². The lowest BCUT2D eigenvalue weighted by atomic mass is 10.8. The minimum atomic E-state index is 0.750. The molecule has 0 amide bonds. The highest BCUT2D eigenvalue weighted by molar-refractivity contribution is 8.01. The Labute approximate surface area is 63.0 Å². The van der Waals surface area contributed by atoms with Gasteiger partial charge in [0.15, 0.2) is 0 Å². The SMILES string of the molecule is C=C.C=CSC.CCN. The number of nitrogens with two attached hydrogens (primary N) is 1. The van der Waals surface area contributed by atoms with E-state index in [-0.39, 0.29) is 0 Å². The summed E-state index contributed by atoms with van der Waals surface area (Å²) in [7, 11) is 0. The van der Waals surface area contributed by atoms with Crippen molar-refractivity contribution in [1.82, 2.24) is 0 Å². The van der Waals surface area contributed by atoms with Gasteiger partial charge in [0.1, 0.15) is 0 Å². The van der Waals surface area contributed by atoms with E-state index in [2.05, 4.69) is 19.7 Å². The van der Waals surface area contributed by atoms with Crippen LogP contribution in [0.15, 0.2) is 25.1 Å². The summed E-state index contributed by atoms with van der Waals surface area (Å²) in [5.41, 5.74) is 4.85. The highest BCUT2D eigenvalue weighted by atomic mass is 32.2. The maximum Gasteiger partial charge on any atom is -0.0106 e. The third kappa shape index (κ3) is 418. The minimum absolute atomic E-state index is 0.750. The van der Waals surface area contributed by atoms with Gasteiger partial charge < -0.3 is 5.73 Å². The van der Waals surface area contributed by atoms with Gasteiger partial charge in [0, 0.05) is 0 Å². The molecule has 0 rings (SSSR count). The molecule has 0 aliphatic rings. The fourth-order valence-corrected chi connectivity index (χ4v) is 0. The van der Waals surface area contributed by atoms with E-state index in [9.17, 15) is 0 Å². The fourth-order valence-electron chi connectivity index (χ4n) is 0. The van der Waals surface area contributed by atoms with E-state index in [0.29, 0.717) is 0 Å². The van der Waals surface area contributed by atoms with Crippen LogP contribution in [-0.4, -0.2) is 12.8 Å². The first kappa shape index (κ1) is 15.9. The molecule has 0 unspecified atom stereocenters. The van der Waals surface area contributed by atoms with Crippen molar-refractivity contribution in [2.45, 2.75) is 6.92 Å². The topological polar surface area (TPSA) is 26.0 Å². The van der Waals surface area contributed by atoms with E-state index in [1.54, 1.807) is 17.2 Å². The normalized spacial score (nSPS) is 5.22. The highest BCUT2D eigenvalue weighted by Gasteiger charge is 1.43. The standard InChI is InChI=1S/C3H6S.C2H7N.C2H4/c1-3-4-2;1-2-3;1-2/h3H,1H2,2H3;2-3H2,1H3;1-2H2. The molecule has 1 nitrogen and oxygen atoms in total. The first-order chi connectivity index (χ1) is 4.33. The van der Waals surface area contributed by atoms with Crippen molar-refractivity contribution in [2.75, 3.05) is 12.8 Å². The molecule has 0 saturated heterocycles. The van der Waals surface area contributed by atoms with Crippen LogP contribution in [-0.2, 0) is 0 Å². The zero-order valence-corrected chi connectivity index (χ0v) is 7.21. The van der Waals surface area contributed by atoms with E-state index in [0.717, 1.165) is 6.54 Å². The number of thioether (sulfide) groups is 1. The second kappa shape index (κ2) is 46.1. The molecule has 0 aromatic carbocycles. The molecule has 56 valence electrons. The summed E-state index contributed by atoms with van der Waals surface area (Å²) in [4.78, 5) is 0. The molecule has 0 fully saturated rings. The van der Waals surface area contributed by atoms with Crippen molar-refractivity contribution in [3.63, 3.8) is 0 Å². The molecule has 2 N–H and O–H groups in total. The summed E-state index contributed by atoms with van der Waals surface area (Å²) in [5, 5.41) is 1.79. The predicted octanol–water partition coefficient (Wildman–Crippen LogP) is 2.26. The summed E-state index contributed by atoms with van der Waals surface area (Å²) in [5.74, 6) is 0. The summed E-state index contributed by atoms with van der Waals surface area (Å²) in [6, 6.07) is 0. The molecule has 0 aliphatic carbocycles. The number of hydrogen-bond acceptors (Lipinski definition) is 2. The Morgan fingerprint density at radius 2 is 1.67 bits per heavy atom. The molecule has 0 saturated carbocycles. The monoisotopic (exact) mass is 147 g/mol. The average Bonchev–Trinajstić information content (AvgIpc) is 1.94. The largest absolute Gasteiger partial charge is 0.331 e. The number of rotatable bonds is 1. The van der Waals surface area contributed by atoms with Crippen molar-refractivity contribution in [3.8, 4) is 0 Å². The van der Waals surface area contributed by atoms with Crippen LogP contribution < -0.4 is 5.73 Å². The molecule has 0 heterocycles. The van der Waals surface area contributed by atoms with Gasteiger partial charge in [-0.3, -0.25) is 0 Å².